The number of rotatable bonds is 54. The molecule has 0 bridgehead atoms. The molecule has 0 heterocycles. The third-order valence-electron chi connectivity index (χ3n) is 13.2. The number of hydrogen-bond acceptors (Lipinski definition) is 7. The monoisotopic (exact) mass is 1030 g/mol. The summed E-state index contributed by atoms with van der Waals surface area (Å²) in [5.74, 6) is -0.571. The van der Waals surface area contributed by atoms with Gasteiger partial charge in [0.2, 0.25) is 5.91 Å². The van der Waals surface area contributed by atoms with Crippen molar-refractivity contribution in [3.8, 4) is 0 Å². The number of nitrogens with zero attached hydrogens (tertiary/aromatic N) is 1. The lowest BCUT2D eigenvalue weighted by Crippen LogP contribution is -2.47. The summed E-state index contributed by atoms with van der Waals surface area (Å²) in [6.45, 7) is 6.80. The molecule has 0 aromatic heterocycles. The third kappa shape index (κ3) is 52.6. The zero-order chi connectivity index (χ0) is 52.9. The number of amides is 1. The fourth-order valence-corrected chi connectivity index (χ4v) is 9.19. The molecule has 0 saturated carbocycles. The lowest BCUT2D eigenvalue weighted by Gasteiger charge is -2.30. The van der Waals surface area contributed by atoms with Gasteiger partial charge in [-0.25, -0.2) is 0 Å². The number of carbonyl (C=O) groups excluding carboxylic acids is 2. The van der Waals surface area contributed by atoms with Crippen LogP contribution in [0.2, 0.25) is 0 Å². The molecule has 0 spiro atoms. The molecular weight excluding hydrogens is 916 g/mol. The fourth-order valence-electron chi connectivity index (χ4n) is 8.46. The van der Waals surface area contributed by atoms with Crippen molar-refractivity contribution in [1.82, 2.24) is 5.32 Å². The average Bonchev–Trinajstić information content (AvgIpc) is 3.34. The molecule has 0 aromatic carbocycles. The number of likely N-dealkylation sites (N-methyl/N-ethyl adjacent to an activating group) is 1. The molecule has 0 aliphatic heterocycles. The number of esters is 1. The lowest BCUT2D eigenvalue weighted by atomic mass is 10.0. The summed E-state index contributed by atoms with van der Waals surface area (Å²) in [6, 6.07) is -0.902. The first-order chi connectivity index (χ1) is 34.9. The van der Waals surface area contributed by atoms with E-state index in [-0.39, 0.29) is 24.9 Å². The molecule has 1 N–H and O–H groups in total. The smallest absolute Gasteiger partial charge is 0.306 e. The number of ether oxygens (including phenoxy) is 1. The van der Waals surface area contributed by atoms with E-state index in [0.29, 0.717) is 30.3 Å². The highest BCUT2D eigenvalue weighted by molar-refractivity contribution is 7.45. The van der Waals surface area contributed by atoms with Crippen LogP contribution in [0.3, 0.4) is 0 Å². The Balaban J connectivity index is 5.36. The summed E-state index contributed by atoms with van der Waals surface area (Å²) in [4.78, 5) is 39.9. The minimum absolute atomic E-state index is 0.0283. The lowest BCUT2D eigenvalue weighted by molar-refractivity contribution is -0.870. The highest BCUT2D eigenvalue weighted by Crippen LogP contribution is 2.38. The van der Waals surface area contributed by atoms with E-state index in [9.17, 15) is 19.0 Å². The largest absolute Gasteiger partial charge is 0.756 e. The van der Waals surface area contributed by atoms with Gasteiger partial charge in [-0.15, -0.1) is 0 Å². The van der Waals surface area contributed by atoms with Crippen LogP contribution in [0.1, 0.15) is 271 Å². The Kier molecular flexibility index (Phi) is 50.5. The topological polar surface area (TPSA) is 114 Å². The molecule has 0 aliphatic carbocycles. The van der Waals surface area contributed by atoms with E-state index in [1.165, 1.54) is 141 Å². The fraction of sp³-hybridized carbons (Fsp3) is 0.806. The van der Waals surface area contributed by atoms with Gasteiger partial charge in [0.1, 0.15) is 19.3 Å². The Morgan fingerprint density at radius 3 is 1.32 bits per heavy atom. The predicted octanol–water partition coefficient (Wildman–Crippen LogP) is 17.6. The Bertz CT molecular complexity index is 1420. The van der Waals surface area contributed by atoms with Crippen molar-refractivity contribution in [2.75, 3.05) is 40.9 Å². The van der Waals surface area contributed by atoms with Crippen LogP contribution >= 0.6 is 7.82 Å². The molecule has 3 atom stereocenters. The number of unbranched alkanes of at least 4 members (excludes halogenated alkanes) is 30. The van der Waals surface area contributed by atoms with Crippen molar-refractivity contribution in [2.45, 2.75) is 283 Å². The highest BCUT2D eigenvalue weighted by Gasteiger charge is 2.27. The van der Waals surface area contributed by atoms with E-state index >= 15 is 0 Å². The first-order valence-electron chi connectivity index (χ1n) is 30.1. The van der Waals surface area contributed by atoms with Gasteiger partial charge in [-0.2, -0.15) is 0 Å². The molecule has 0 fully saturated rings. The molecule has 0 aliphatic rings. The van der Waals surface area contributed by atoms with Gasteiger partial charge in [0.25, 0.3) is 7.82 Å². The van der Waals surface area contributed by atoms with Crippen molar-refractivity contribution in [3.05, 3.63) is 60.8 Å². The number of carbonyl (C=O) groups is 2. The standard InChI is InChI=1S/C62H115N2O7P/c1-7-10-13-16-19-22-25-28-30-31-32-33-34-37-40-43-46-49-52-55-62(66)71-60(53-50-47-44-41-38-35-27-24-21-18-15-12-9-3)59(58-70-72(67,68)69-57-56-64(4,5)6)63-61(65)54-51-48-45-42-39-36-29-26-23-20-17-14-11-8-2/h19,22,28,30,32-33,36,39,50,53,59-60H,7-18,20-21,23-27,29,31,34-35,37-38,40-49,51-52,54-58H2,1-6H3,(H-,63,65,67,68)/b22-19-,30-28-,33-32-,39-36-,53-50+. The highest BCUT2D eigenvalue weighted by atomic mass is 31.2. The number of phosphoric acid groups is 1. The quantitative estimate of drug-likeness (QED) is 0.0212. The maximum Gasteiger partial charge on any atom is 0.306 e. The molecule has 9 nitrogen and oxygen atoms in total. The Morgan fingerprint density at radius 2 is 0.847 bits per heavy atom. The van der Waals surface area contributed by atoms with Gasteiger partial charge in [0.05, 0.1) is 33.8 Å². The van der Waals surface area contributed by atoms with Gasteiger partial charge < -0.3 is 28.5 Å². The second-order valence-corrected chi connectivity index (χ2v) is 22.9. The van der Waals surface area contributed by atoms with Crippen LogP contribution in [0.4, 0.5) is 0 Å². The van der Waals surface area contributed by atoms with Crippen LogP contribution in [0.25, 0.3) is 0 Å². The molecule has 420 valence electrons. The first-order valence-corrected chi connectivity index (χ1v) is 31.6. The van der Waals surface area contributed by atoms with Crippen molar-refractivity contribution in [3.63, 3.8) is 0 Å². The zero-order valence-corrected chi connectivity index (χ0v) is 48.8. The Hall–Kier alpha value is -2.29. The summed E-state index contributed by atoms with van der Waals surface area (Å²) in [6.07, 6.45) is 64.6. The molecule has 1 amide bonds. The average molecular weight is 1030 g/mol. The van der Waals surface area contributed by atoms with Crippen LogP contribution in [-0.4, -0.2) is 69.4 Å². The van der Waals surface area contributed by atoms with E-state index in [1.54, 1.807) is 0 Å². The van der Waals surface area contributed by atoms with E-state index in [4.69, 9.17) is 13.8 Å². The van der Waals surface area contributed by atoms with Crippen LogP contribution in [0.5, 0.6) is 0 Å². The molecule has 0 aromatic rings. The predicted molar refractivity (Wildman–Crippen MR) is 307 cm³/mol. The minimum atomic E-state index is -4.70. The molecule has 10 heteroatoms. The molecular formula is C62H115N2O7P. The number of nitrogens with one attached hydrogen (secondary N) is 1. The number of phosphoric ester groups is 1. The van der Waals surface area contributed by atoms with Gasteiger partial charge in [-0.05, 0) is 96.0 Å². The van der Waals surface area contributed by atoms with Crippen molar-refractivity contribution in [1.29, 1.82) is 0 Å². The summed E-state index contributed by atoms with van der Waals surface area (Å²) in [7, 11) is 1.17. The Labute approximate surface area is 445 Å². The molecule has 0 saturated heterocycles. The number of hydrogen-bond donors (Lipinski definition) is 1. The van der Waals surface area contributed by atoms with E-state index in [1.807, 2.05) is 33.3 Å². The maximum atomic E-state index is 13.5. The first kappa shape index (κ1) is 69.7. The summed E-state index contributed by atoms with van der Waals surface area (Å²) >= 11 is 0. The van der Waals surface area contributed by atoms with E-state index < -0.39 is 26.6 Å². The maximum absolute atomic E-state index is 13.5. The normalized spacial score (nSPS) is 14.2. The van der Waals surface area contributed by atoms with Gasteiger partial charge in [0.15, 0.2) is 0 Å². The second kappa shape index (κ2) is 52.2. The molecule has 0 rings (SSSR count). The van der Waals surface area contributed by atoms with Crippen LogP contribution in [0, 0.1) is 0 Å². The number of allylic oxidation sites excluding steroid dienone is 9. The van der Waals surface area contributed by atoms with Gasteiger partial charge in [0, 0.05) is 12.8 Å². The van der Waals surface area contributed by atoms with Gasteiger partial charge >= 0.3 is 5.97 Å². The van der Waals surface area contributed by atoms with Crippen molar-refractivity contribution >= 4 is 19.7 Å². The van der Waals surface area contributed by atoms with Crippen LogP contribution in [0.15, 0.2) is 60.8 Å². The van der Waals surface area contributed by atoms with Crippen LogP contribution < -0.4 is 10.2 Å². The molecule has 0 radical (unpaired) electrons. The van der Waals surface area contributed by atoms with Gasteiger partial charge in [-0.3, -0.25) is 14.2 Å². The summed E-state index contributed by atoms with van der Waals surface area (Å²) < 4.78 is 30.3. The Morgan fingerprint density at radius 1 is 0.486 bits per heavy atom. The van der Waals surface area contributed by atoms with Crippen molar-refractivity contribution in [2.24, 2.45) is 0 Å². The van der Waals surface area contributed by atoms with Crippen LogP contribution in [-0.2, 0) is 27.9 Å². The SMILES string of the molecule is CCCCC/C=C\C/C=C\C/C=C\CCCCCCCCC(=O)OC(/C=C/CCCCCCCCCCCCC)C(COP(=O)([O-])OCC[N+](C)(C)C)NC(=O)CCCCC/C=C\CCCCCCCCC. The molecule has 3 unspecified atom stereocenters. The summed E-state index contributed by atoms with van der Waals surface area (Å²) in [5, 5.41) is 3.01. The van der Waals surface area contributed by atoms with E-state index in [0.717, 1.165) is 83.5 Å². The number of quaternary nitrogens is 1. The minimum Gasteiger partial charge on any atom is -0.756 e. The van der Waals surface area contributed by atoms with Gasteiger partial charge in [-0.1, -0.05) is 223 Å². The zero-order valence-electron chi connectivity index (χ0n) is 47.9. The van der Waals surface area contributed by atoms with Crippen molar-refractivity contribution < 1.29 is 37.3 Å². The third-order valence-corrected chi connectivity index (χ3v) is 14.1. The summed E-state index contributed by atoms with van der Waals surface area (Å²) in [5.41, 5.74) is 0. The van der Waals surface area contributed by atoms with E-state index in [2.05, 4.69) is 74.7 Å². The second-order valence-electron chi connectivity index (χ2n) is 21.5. The molecule has 72 heavy (non-hydrogen) atoms.